The van der Waals surface area contributed by atoms with Crippen molar-refractivity contribution in [2.75, 3.05) is 0 Å². The molecule has 0 spiro atoms. The van der Waals surface area contributed by atoms with E-state index in [4.69, 9.17) is 0 Å². The van der Waals surface area contributed by atoms with Crippen LogP contribution in [-0.2, 0) is 0 Å². The molecular weight excluding hydrogens is 396 g/mol. The average Bonchev–Trinajstić information content (AvgIpc) is 3.08. The zero-order valence-electron chi connectivity index (χ0n) is 21.6. The van der Waals surface area contributed by atoms with Gasteiger partial charge in [-0.1, -0.05) is 46.3 Å². The molecule has 4 aliphatic carbocycles. The highest BCUT2D eigenvalue weighted by Crippen LogP contribution is 2.69. The maximum Gasteiger partial charge on any atom is 0.0985 e. The van der Waals surface area contributed by atoms with E-state index in [-0.39, 0.29) is 5.41 Å². The second-order valence-electron chi connectivity index (χ2n) is 13.1. The summed E-state index contributed by atoms with van der Waals surface area (Å²) in [7, 11) is 0. The lowest BCUT2D eigenvalue weighted by Crippen LogP contribution is -2.68. The Morgan fingerprint density at radius 3 is 2.38 bits per heavy atom. The zero-order valence-corrected chi connectivity index (χ0v) is 21.6. The predicted octanol–water partition coefficient (Wildman–Crippen LogP) is 6.11. The molecule has 4 fully saturated rings. The summed E-state index contributed by atoms with van der Waals surface area (Å²) in [5.74, 6) is 3.82. The Kier molecular flexibility index (Phi) is 6.71. The topological polar surface area (TPSA) is 60.7 Å². The number of rotatable bonds is 5. The quantitative estimate of drug-likeness (QED) is 0.446. The van der Waals surface area contributed by atoms with Crippen LogP contribution in [0.4, 0.5) is 0 Å². The van der Waals surface area contributed by atoms with Crippen LogP contribution in [0, 0.1) is 46.3 Å². The van der Waals surface area contributed by atoms with E-state index in [1.54, 1.807) is 5.57 Å². The minimum absolute atomic E-state index is 0.266. The van der Waals surface area contributed by atoms with Crippen molar-refractivity contribution < 1.29 is 15.3 Å². The van der Waals surface area contributed by atoms with E-state index in [1.165, 1.54) is 38.5 Å². The van der Waals surface area contributed by atoms with Gasteiger partial charge in [0.15, 0.2) is 0 Å². The maximum atomic E-state index is 11.6. The molecule has 0 saturated heterocycles. The Hall–Kier alpha value is -0.380. The van der Waals surface area contributed by atoms with Crippen LogP contribution in [0.15, 0.2) is 11.6 Å². The van der Waals surface area contributed by atoms with Gasteiger partial charge in [-0.3, -0.25) is 0 Å². The van der Waals surface area contributed by atoms with E-state index >= 15 is 0 Å². The Morgan fingerprint density at radius 2 is 1.72 bits per heavy atom. The number of aliphatic hydroxyl groups excluding tert-OH is 2. The van der Waals surface area contributed by atoms with Crippen molar-refractivity contribution in [3.8, 4) is 0 Å². The standard InChI is InChI=1S/C29H50O3/c1-7-20(18(2)3)9-8-19(4)23-10-11-24-22-16-26(31)29(32)17-21(30)12-15-28(29,6)25(22)13-14-27(23,24)5/h7,18-19,21-26,30-32H,8-17H2,1-6H3/b20-7-/t19-,21+,22?,23?,24?,25?,26-,27-,28-,29+/m1/s1. The van der Waals surface area contributed by atoms with E-state index in [2.05, 4.69) is 47.6 Å². The number of fused-ring (bicyclic) bond motifs is 5. The first-order valence-electron chi connectivity index (χ1n) is 13.7. The number of aliphatic hydroxyl groups is 3. The first-order valence-corrected chi connectivity index (χ1v) is 13.7. The van der Waals surface area contributed by atoms with Crippen LogP contribution in [0.3, 0.4) is 0 Å². The van der Waals surface area contributed by atoms with Crippen molar-refractivity contribution in [3.63, 3.8) is 0 Å². The molecule has 0 amide bonds. The SMILES string of the molecule is C/C=C(/CC[C@@H](C)C1CCC2C3C[C@@H](O)[C@@]4(O)C[C@@H](O)CC[C@]4(C)C3CC[C@@]21C)C(C)C. The largest absolute Gasteiger partial charge is 0.393 e. The van der Waals surface area contributed by atoms with Gasteiger partial charge in [-0.15, -0.1) is 0 Å². The third-order valence-corrected chi connectivity index (χ3v) is 11.6. The molecule has 0 aromatic heterocycles. The second kappa shape index (κ2) is 8.68. The highest BCUT2D eigenvalue weighted by Gasteiger charge is 2.67. The smallest absolute Gasteiger partial charge is 0.0985 e. The molecule has 0 bridgehead atoms. The molecule has 0 radical (unpaired) electrons. The van der Waals surface area contributed by atoms with Crippen LogP contribution in [0.25, 0.3) is 0 Å². The van der Waals surface area contributed by atoms with E-state index in [1.807, 2.05) is 0 Å². The van der Waals surface area contributed by atoms with Crippen LogP contribution in [0.1, 0.15) is 106 Å². The lowest BCUT2D eigenvalue weighted by Gasteiger charge is -2.65. The molecule has 0 heterocycles. The fourth-order valence-electron chi connectivity index (χ4n) is 9.60. The molecule has 10 atom stereocenters. The van der Waals surface area contributed by atoms with Crippen molar-refractivity contribution in [2.45, 2.75) is 124 Å². The molecule has 4 rings (SSSR count). The summed E-state index contributed by atoms with van der Waals surface area (Å²) < 4.78 is 0. The van der Waals surface area contributed by atoms with Crippen LogP contribution < -0.4 is 0 Å². The monoisotopic (exact) mass is 446 g/mol. The summed E-state index contributed by atoms with van der Waals surface area (Å²) in [6.07, 6.45) is 11.4. The minimum Gasteiger partial charge on any atom is -0.393 e. The highest BCUT2D eigenvalue weighted by atomic mass is 16.3. The minimum atomic E-state index is -1.12. The Labute approximate surface area is 197 Å². The molecule has 0 aromatic carbocycles. The second-order valence-corrected chi connectivity index (χ2v) is 13.1. The lowest BCUT2D eigenvalue weighted by molar-refractivity contribution is -0.264. The first kappa shape index (κ1) is 24.7. The third kappa shape index (κ3) is 3.64. The molecular formula is C29H50O3. The summed E-state index contributed by atoms with van der Waals surface area (Å²) in [6.45, 7) is 14.1. The molecule has 32 heavy (non-hydrogen) atoms. The highest BCUT2D eigenvalue weighted by molar-refractivity contribution is 5.17. The normalized spacial score (nSPS) is 50.0. The molecule has 3 nitrogen and oxygen atoms in total. The van der Waals surface area contributed by atoms with Crippen molar-refractivity contribution in [1.29, 1.82) is 0 Å². The van der Waals surface area contributed by atoms with Gasteiger partial charge in [-0.2, -0.15) is 0 Å². The van der Waals surface area contributed by atoms with Crippen LogP contribution in [0.2, 0.25) is 0 Å². The van der Waals surface area contributed by atoms with Gasteiger partial charge in [-0.05, 0) is 106 Å². The van der Waals surface area contributed by atoms with Gasteiger partial charge in [-0.25, -0.2) is 0 Å². The molecule has 4 saturated carbocycles. The molecule has 4 aliphatic rings. The molecule has 0 aromatic rings. The number of allylic oxidation sites excluding steroid dienone is 2. The number of hydrogen-bond donors (Lipinski definition) is 3. The molecule has 4 unspecified atom stereocenters. The van der Waals surface area contributed by atoms with Crippen LogP contribution in [0.5, 0.6) is 0 Å². The lowest BCUT2D eigenvalue weighted by atomic mass is 9.42. The van der Waals surface area contributed by atoms with Gasteiger partial charge in [0.2, 0.25) is 0 Å². The van der Waals surface area contributed by atoms with Gasteiger partial charge >= 0.3 is 0 Å². The third-order valence-electron chi connectivity index (χ3n) is 11.6. The zero-order chi connectivity index (χ0) is 23.5. The fraction of sp³-hybridized carbons (Fsp3) is 0.931. The summed E-state index contributed by atoms with van der Waals surface area (Å²) in [5.41, 5.74) is 0.582. The van der Waals surface area contributed by atoms with E-state index in [9.17, 15) is 15.3 Å². The van der Waals surface area contributed by atoms with E-state index < -0.39 is 17.8 Å². The van der Waals surface area contributed by atoms with Gasteiger partial charge in [0.1, 0.15) is 0 Å². The van der Waals surface area contributed by atoms with Crippen molar-refractivity contribution in [3.05, 3.63) is 11.6 Å². The Bertz CT molecular complexity index is 715. The Morgan fingerprint density at radius 1 is 1.00 bits per heavy atom. The first-order chi connectivity index (χ1) is 15.0. The molecule has 184 valence electrons. The van der Waals surface area contributed by atoms with E-state index in [0.29, 0.717) is 35.5 Å². The van der Waals surface area contributed by atoms with Crippen molar-refractivity contribution in [1.82, 2.24) is 0 Å². The van der Waals surface area contributed by atoms with E-state index in [0.717, 1.165) is 31.1 Å². The fourth-order valence-corrected chi connectivity index (χ4v) is 9.60. The van der Waals surface area contributed by atoms with Gasteiger partial charge in [0.25, 0.3) is 0 Å². The summed E-state index contributed by atoms with van der Waals surface area (Å²) >= 11 is 0. The van der Waals surface area contributed by atoms with Gasteiger partial charge < -0.3 is 15.3 Å². The number of hydrogen-bond acceptors (Lipinski definition) is 3. The summed E-state index contributed by atoms with van der Waals surface area (Å²) in [6, 6.07) is 0. The van der Waals surface area contributed by atoms with Crippen molar-refractivity contribution >= 4 is 0 Å². The molecule has 3 N–H and O–H groups in total. The summed E-state index contributed by atoms with van der Waals surface area (Å²) in [5, 5.41) is 33.2. The summed E-state index contributed by atoms with van der Waals surface area (Å²) in [4.78, 5) is 0. The maximum absolute atomic E-state index is 11.6. The van der Waals surface area contributed by atoms with Crippen LogP contribution >= 0.6 is 0 Å². The molecule has 0 aliphatic heterocycles. The predicted molar refractivity (Wildman–Crippen MR) is 131 cm³/mol. The van der Waals surface area contributed by atoms with Crippen molar-refractivity contribution in [2.24, 2.45) is 46.3 Å². The Balaban J connectivity index is 1.52. The molecule has 3 heteroatoms. The van der Waals surface area contributed by atoms with Gasteiger partial charge in [0.05, 0.1) is 17.8 Å². The average molecular weight is 447 g/mol. The van der Waals surface area contributed by atoms with Gasteiger partial charge in [0, 0.05) is 11.8 Å². The van der Waals surface area contributed by atoms with Crippen LogP contribution in [-0.4, -0.2) is 33.1 Å².